The summed E-state index contributed by atoms with van der Waals surface area (Å²) in [6.45, 7) is 0. The van der Waals surface area contributed by atoms with Crippen molar-refractivity contribution in [2.24, 2.45) is 18.9 Å². The van der Waals surface area contributed by atoms with Crippen LogP contribution < -0.4 is 5.73 Å². The van der Waals surface area contributed by atoms with Crippen LogP contribution >= 0.6 is 11.6 Å². The first kappa shape index (κ1) is 11.5. The van der Waals surface area contributed by atoms with Crippen molar-refractivity contribution in [3.63, 3.8) is 0 Å². The van der Waals surface area contributed by atoms with E-state index < -0.39 is 0 Å². The third-order valence-corrected chi connectivity index (χ3v) is 5.12. The van der Waals surface area contributed by atoms with E-state index in [1.165, 1.54) is 25.7 Å². The number of imidazole rings is 1. The lowest BCUT2D eigenvalue weighted by atomic mass is 9.88. The van der Waals surface area contributed by atoms with E-state index in [1.54, 1.807) is 4.57 Å². The van der Waals surface area contributed by atoms with Gasteiger partial charge in [-0.2, -0.15) is 0 Å². The van der Waals surface area contributed by atoms with Crippen LogP contribution in [0.2, 0.25) is 5.28 Å². The highest BCUT2D eigenvalue weighted by Gasteiger charge is 2.41. The average molecular weight is 278 g/mol. The Balaban J connectivity index is 1.85. The van der Waals surface area contributed by atoms with Crippen molar-refractivity contribution in [2.75, 3.05) is 5.73 Å². The molecule has 5 nitrogen and oxygen atoms in total. The van der Waals surface area contributed by atoms with Gasteiger partial charge in [0.25, 0.3) is 0 Å². The second-order valence-electron chi connectivity index (χ2n) is 5.86. The van der Waals surface area contributed by atoms with E-state index in [2.05, 4.69) is 15.0 Å². The molecule has 2 fully saturated rings. The highest BCUT2D eigenvalue weighted by atomic mass is 35.5. The zero-order chi connectivity index (χ0) is 13.1. The predicted octanol–water partition coefficient (Wildman–Crippen LogP) is 2.50. The first-order chi connectivity index (χ1) is 9.13. The molecule has 3 atom stereocenters. The number of aryl methyl sites for hydroxylation is 1. The number of nitrogens with two attached hydrogens (primary N) is 1. The van der Waals surface area contributed by atoms with Crippen molar-refractivity contribution in [1.29, 1.82) is 0 Å². The lowest BCUT2D eigenvalue weighted by Crippen LogP contribution is -2.13. The van der Waals surface area contributed by atoms with E-state index in [-0.39, 0.29) is 0 Å². The standard InChI is InChI=1S/C13H16ClN5/c1-19-12-9(16-13(19)14)10(15)17-11(18-12)8-5-6-2-3-7(8)4-6/h6-8H,2-5H2,1H3,(H2,15,17,18). The molecule has 2 aliphatic rings. The maximum absolute atomic E-state index is 6.03. The minimum absolute atomic E-state index is 0.404. The Morgan fingerprint density at radius 2 is 2.05 bits per heavy atom. The van der Waals surface area contributed by atoms with E-state index in [0.717, 1.165) is 23.3 Å². The summed E-state index contributed by atoms with van der Waals surface area (Å²) in [5, 5.41) is 0.404. The highest BCUT2D eigenvalue weighted by Crippen LogP contribution is 2.52. The van der Waals surface area contributed by atoms with Crippen molar-refractivity contribution in [1.82, 2.24) is 19.5 Å². The van der Waals surface area contributed by atoms with Gasteiger partial charge in [0.05, 0.1) is 0 Å². The molecule has 6 heteroatoms. The van der Waals surface area contributed by atoms with Gasteiger partial charge in [-0.05, 0) is 42.7 Å². The van der Waals surface area contributed by atoms with Gasteiger partial charge in [0.1, 0.15) is 5.82 Å². The number of nitrogen functional groups attached to an aromatic ring is 1. The fraction of sp³-hybridized carbons (Fsp3) is 0.615. The fourth-order valence-corrected chi connectivity index (χ4v) is 3.96. The maximum atomic E-state index is 6.03. The van der Waals surface area contributed by atoms with Crippen LogP contribution in [0.25, 0.3) is 11.2 Å². The topological polar surface area (TPSA) is 69.6 Å². The van der Waals surface area contributed by atoms with E-state index in [4.69, 9.17) is 17.3 Å². The van der Waals surface area contributed by atoms with Crippen LogP contribution in [-0.4, -0.2) is 19.5 Å². The van der Waals surface area contributed by atoms with Crippen LogP contribution in [0.4, 0.5) is 5.82 Å². The zero-order valence-electron chi connectivity index (χ0n) is 10.8. The van der Waals surface area contributed by atoms with Crippen molar-refractivity contribution >= 4 is 28.6 Å². The largest absolute Gasteiger partial charge is 0.382 e. The number of hydrogen-bond acceptors (Lipinski definition) is 4. The molecule has 2 aromatic rings. The number of aromatic nitrogens is 4. The lowest BCUT2D eigenvalue weighted by molar-refractivity contribution is 0.406. The minimum atomic E-state index is 0.404. The van der Waals surface area contributed by atoms with Gasteiger partial charge in [-0.3, -0.25) is 0 Å². The Kier molecular flexibility index (Phi) is 2.31. The minimum Gasteiger partial charge on any atom is -0.382 e. The third-order valence-electron chi connectivity index (χ3n) is 4.78. The summed E-state index contributed by atoms with van der Waals surface area (Å²) in [5.41, 5.74) is 7.38. The van der Waals surface area contributed by atoms with Gasteiger partial charge in [0.2, 0.25) is 5.28 Å². The summed E-state index contributed by atoms with van der Waals surface area (Å²) >= 11 is 6.03. The van der Waals surface area contributed by atoms with Crippen molar-refractivity contribution in [3.8, 4) is 0 Å². The molecule has 0 spiro atoms. The molecule has 2 aromatic heterocycles. The van der Waals surface area contributed by atoms with Crippen molar-refractivity contribution < 1.29 is 0 Å². The molecule has 0 saturated heterocycles. The van der Waals surface area contributed by atoms with E-state index in [1.807, 2.05) is 7.05 Å². The lowest BCUT2D eigenvalue weighted by Gasteiger charge is -2.20. The molecule has 2 saturated carbocycles. The Morgan fingerprint density at radius 1 is 1.21 bits per heavy atom. The molecular weight excluding hydrogens is 262 g/mol. The molecule has 100 valence electrons. The van der Waals surface area contributed by atoms with Gasteiger partial charge in [0, 0.05) is 13.0 Å². The fourth-order valence-electron chi connectivity index (χ4n) is 3.80. The molecule has 4 rings (SSSR count). The number of halogens is 1. The molecule has 0 radical (unpaired) electrons. The summed E-state index contributed by atoms with van der Waals surface area (Å²) in [7, 11) is 1.86. The molecule has 19 heavy (non-hydrogen) atoms. The van der Waals surface area contributed by atoms with Crippen LogP contribution in [0, 0.1) is 11.8 Å². The van der Waals surface area contributed by atoms with E-state index in [9.17, 15) is 0 Å². The summed E-state index contributed by atoms with van der Waals surface area (Å²) < 4.78 is 1.77. The number of rotatable bonds is 1. The molecule has 2 heterocycles. The summed E-state index contributed by atoms with van der Waals surface area (Å²) in [6, 6.07) is 0. The summed E-state index contributed by atoms with van der Waals surface area (Å²) in [4.78, 5) is 13.4. The quantitative estimate of drug-likeness (QED) is 0.813. The van der Waals surface area contributed by atoms with Crippen LogP contribution in [0.1, 0.15) is 37.4 Å². The molecule has 0 aromatic carbocycles. The SMILES string of the molecule is Cn1c(Cl)nc2c(N)nc(C3CC4CCC3C4)nc21. The molecule has 2 bridgehead atoms. The predicted molar refractivity (Wildman–Crippen MR) is 73.9 cm³/mol. The first-order valence-electron chi connectivity index (χ1n) is 6.79. The molecule has 2 N–H and O–H groups in total. The second kappa shape index (κ2) is 3.82. The van der Waals surface area contributed by atoms with Crippen LogP contribution in [0.3, 0.4) is 0 Å². The molecule has 0 aliphatic heterocycles. The Hall–Kier alpha value is -1.36. The van der Waals surface area contributed by atoms with Gasteiger partial charge in [-0.1, -0.05) is 6.42 Å². The van der Waals surface area contributed by atoms with Gasteiger partial charge in [-0.15, -0.1) is 0 Å². The Morgan fingerprint density at radius 3 is 2.74 bits per heavy atom. The highest BCUT2D eigenvalue weighted by molar-refractivity contribution is 6.29. The van der Waals surface area contributed by atoms with Crippen molar-refractivity contribution in [2.45, 2.75) is 31.6 Å². The van der Waals surface area contributed by atoms with Crippen LogP contribution in [0.5, 0.6) is 0 Å². The number of fused-ring (bicyclic) bond motifs is 3. The monoisotopic (exact) mass is 277 g/mol. The third kappa shape index (κ3) is 1.57. The first-order valence-corrected chi connectivity index (χ1v) is 7.16. The van der Waals surface area contributed by atoms with Gasteiger partial charge >= 0.3 is 0 Å². The van der Waals surface area contributed by atoms with Crippen LogP contribution in [0.15, 0.2) is 0 Å². The average Bonchev–Trinajstić information content (AvgIpc) is 3.07. The number of hydrogen-bond donors (Lipinski definition) is 1. The summed E-state index contributed by atoms with van der Waals surface area (Å²) in [5.74, 6) is 3.41. The summed E-state index contributed by atoms with van der Waals surface area (Å²) in [6.07, 6.45) is 5.22. The Bertz CT molecular complexity index is 665. The van der Waals surface area contributed by atoms with E-state index in [0.29, 0.717) is 22.5 Å². The van der Waals surface area contributed by atoms with Gasteiger partial charge in [0.15, 0.2) is 17.0 Å². The van der Waals surface area contributed by atoms with Gasteiger partial charge < -0.3 is 10.3 Å². The van der Waals surface area contributed by atoms with Crippen LogP contribution in [-0.2, 0) is 7.05 Å². The number of anilines is 1. The smallest absolute Gasteiger partial charge is 0.204 e. The number of nitrogens with zero attached hydrogens (tertiary/aromatic N) is 4. The van der Waals surface area contributed by atoms with Gasteiger partial charge in [-0.25, -0.2) is 15.0 Å². The van der Waals surface area contributed by atoms with Crippen molar-refractivity contribution in [3.05, 3.63) is 11.1 Å². The molecule has 3 unspecified atom stereocenters. The molecule has 2 aliphatic carbocycles. The normalized spacial score (nSPS) is 29.5. The zero-order valence-corrected chi connectivity index (χ0v) is 11.6. The Labute approximate surface area is 116 Å². The second-order valence-corrected chi connectivity index (χ2v) is 6.20. The molecule has 0 amide bonds. The molecular formula is C13H16ClN5. The van der Waals surface area contributed by atoms with E-state index >= 15 is 0 Å². The maximum Gasteiger partial charge on any atom is 0.204 e.